The lowest BCUT2D eigenvalue weighted by Crippen LogP contribution is -2.49. The summed E-state index contributed by atoms with van der Waals surface area (Å²) in [6, 6.07) is 0. The Kier molecular flexibility index (Phi) is 7.47. The van der Waals surface area contributed by atoms with E-state index in [-0.39, 0.29) is 13.1 Å². The standard InChI is InChI=1S/C10H23N3O6S2/c14-20(15,16)10(21(17,18)19)13-8-3-1-2-4-11-5-6-12-7-9-13/h10-12H,1-9H2,(H,14,15,16)(H,17,18,19). The van der Waals surface area contributed by atoms with Crippen LogP contribution in [0.15, 0.2) is 0 Å². The van der Waals surface area contributed by atoms with Gasteiger partial charge in [-0.05, 0) is 19.4 Å². The maximum Gasteiger partial charge on any atom is 0.298 e. The number of hydrogen-bond donors (Lipinski definition) is 4. The smallest absolute Gasteiger partial charge is 0.298 e. The second kappa shape index (κ2) is 8.36. The van der Waals surface area contributed by atoms with E-state index in [1.54, 1.807) is 0 Å². The summed E-state index contributed by atoms with van der Waals surface area (Å²) in [7, 11) is -9.88. The summed E-state index contributed by atoms with van der Waals surface area (Å²) >= 11 is 0. The molecule has 1 fully saturated rings. The van der Waals surface area contributed by atoms with Crippen molar-refractivity contribution in [1.82, 2.24) is 15.5 Å². The Balaban J connectivity index is 2.85. The highest BCUT2D eigenvalue weighted by molar-refractivity contribution is 8.03. The normalized spacial score (nSPS) is 21.7. The van der Waals surface area contributed by atoms with Crippen molar-refractivity contribution in [3.8, 4) is 0 Å². The largest absolute Gasteiger partial charge is 0.315 e. The van der Waals surface area contributed by atoms with Gasteiger partial charge in [-0.2, -0.15) is 16.8 Å². The van der Waals surface area contributed by atoms with Crippen molar-refractivity contribution in [2.45, 2.75) is 24.0 Å². The molecule has 11 heteroatoms. The zero-order valence-electron chi connectivity index (χ0n) is 11.7. The quantitative estimate of drug-likeness (QED) is 0.461. The van der Waals surface area contributed by atoms with E-state index in [4.69, 9.17) is 9.11 Å². The van der Waals surface area contributed by atoms with Crippen molar-refractivity contribution in [2.24, 2.45) is 0 Å². The molecule has 0 aromatic rings. The van der Waals surface area contributed by atoms with E-state index in [0.717, 1.165) is 30.8 Å². The molecule has 0 radical (unpaired) electrons. The van der Waals surface area contributed by atoms with Gasteiger partial charge in [-0.1, -0.05) is 6.42 Å². The third kappa shape index (κ3) is 7.00. The first-order valence-corrected chi connectivity index (χ1v) is 9.81. The minimum absolute atomic E-state index is 0.0875. The zero-order chi connectivity index (χ0) is 15.9. The molecule has 0 bridgehead atoms. The average molecular weight is 345 g/mol. The van der Waals surface area contributed by atoms with Gasteiger partial charge >= 0.3 is 0 Å². The van der Waals surface area contributed by atoms with Crippen LogP contribution in [0.1, 0.15) is 19.3 Å². The minimum Gasteiger partial charge on any atom is -0.315 e. The number of rotatable bonds is 3. The summed E-state index contributed by atoms with van der Waals surface area (Å²) in [4.78, 5) is 1.08. The number of nitrogens with zero attached hydrogens (tertiary/aromatic N) is 1. The average Bonchev–Trinajstić information content (AvgIpc) is 2.29. The molecule has 126 valence electrons. The number of nitrogens with one attached hydrogen (secondary N) is 2. The molecule has 0 atom stereocenters. The molecule has 9 nitrogen and oxygen atoms in total. The number of hydrogen-bond acceptors (Lipinski definition) is 7. The lowest BCUT2D eigenvalue weighted by atomic mass is 10.2. The SMILES string of the molecule is O=S(=O)(O)C(N1CCCCCNCCNCC1)S(=O)(=O)O. The summed E-state index contributed by atoms with van der Waals surface area (Å²) in [5.41, 5.74) is 0. The maximum atomic E-state index is 11.3. The van der Waals surface area contributed by atoms with Crippen molar-refractivity contribution in [3.63, 3.8) is 0 Å². The maximum absolute atomic E-state index is 11.3. The summed E-state index contributed by atoms with van der Waals surface area (Å²) in [6.07, 6.45) is 2.25. The van der Waals surface area contributed by atoms with Crippen molar-refractivity contribution in [1.29, 1.82) is 0 Å². The van der Waals surface area contributed by atoms with Crippen LogP contribution in [0, 0.1) is 0 Å². The van der Waals surface area contributed by atoms with Crippen LogP contribution in [0.4, 0.5) is 0 Å². The monoisotopic (exact) mass is 345 g/mol. The third-order valence-corrected chi connectivity index (χ3v) is 6.24. The molecule has 0 aliphatic carbocycles. The van der Waals surface area contributed by atoms with Crippen LogP contribution in [0.3, 0.4) is 0 Å². The lowest BCUT2D eigenvalue weighted by molar-refractivity contribution is 0.260. The van der Waals surface area contributed by atoms with Gasteiger partial charge < -0.3 is 10.6 Å². The Morgan fingerprint density at radius 3 is 1.90 bits per heavy atom. The molecule has 0 aromatic heterocycles. The Morgan fingerprint density at radius 2 is 1.33 bits per heavy atom. The molecule has 0 unspecified atom stereocenters. The first-order valence-electron chi connectivity index (χ1n) is 6.81. The summed E-state index contributed by atoms with van der Waals surface area (Å²) < 4.78 is 61.1. The molecule has 0 amide bonds. The van der Waals surface area contributed by atoms with Crippen molar-refractivity contribution in [2.75, 3.05) is 39.3 Å². The Labute approximate surface area is 125 Å². The Morgan fingerprint density at radius 1 is 0.762 bits per heavy atom. The van der Waals surface area contributed by atoms with E-state index in [9.17, 15) is 16.8 Å². The van der Waals surface area contributed by atoms with Crippen LogP contribution in [-0.4, -0.2) is 74.8 Å². The third-order valence-electron chi connectivity index (χ3n) is 3.16. The van der Waals surface area contributed by atoms with Crippen molar-refractivity contribution < 1.29 is 25.9 Å². The van der Waals surface area contributed by atoms with E-state index in [0.29, 0.717) is 19.5 Å². The molecule has 0 aromatic carbocycles. The Bertz CT molecular complexity index is 463. The van der Waals surface area contributed by atoms with Gasteiger partial charge in [0.05, 0.1) is 0 Å². The molecule has 4 N–H and O–H groups in total. The predicted molar refractivity (Wildman–Crippen MR) is 78.0 cm³/mol. The van der Waals surface area contributed by atoms with E-state index in [1.165, 1.54) is 0 Å². The van der Waals surface area contributed by atoms with Gasteiger partial charge in [0.15, 0.2) is 0 Å². The molecule has 0 spiro atoms. The van der Waals surface area contributed by atoms with Gasteiger partial charge in [0, 0.05) is 32.7 Å². The van der Waals surface area contributed by atoms with Gasteiger partial charge in [-0.25, -0.2) is 0 Å². The van der Waals surface area contributed by atoms with Gasteiger partial charge in [0.2, 0.25) is 0 Å². The molecule has 1 saturated heterocycles. The molecule has 1 aliphatic rings. The Hall–Kier alpha value is -0.300. The van der Waals surface area contributed by atoms with E-state index in [2.05, 4.69) is 10.6 Å². The fraction of sp³-hybridized carbons (Fsp3) is 1.00. The molecule has 1 rings (SSSR count). The van der Waals surface area contributed by atoms with Crippen LogP contribution < -0.4 is 10.6 Å². The molecule has 1 aliphatic heterocycles. The van der Waals surface area contributed by atoms with E-state index >= 15 is 0 Å². The predicted octanol–water partition coefficient (Wildman–Crippen LogP) is -1.29. The topological polar surface area (TPSA) is 136 Å². The summed E-state index contributed by atoms with van der Waals surface area (Å²) in [5.74, 6) is 0. The van der Waals surface area contributed by atoms with Crippen molar-refractivity contribution in [3.05, 3.63) is 0 Å². The first-order chi connectivity index (χ1) is 9.73. The molecular formula is C10H23N3O6S2. The zero-order valence-corrected chi connectivity index (χ0v) is 13.4. The van der Waals surface area contributed by atoms with Crippen LogP contribution >= 0.6 is 0 Å². The summed E-state index contributed by atoms with van der Waals surface area (Å²) in [6.45, 7) is 2.86. The van der Waals surface area contributed by atoms with Crippen LogP contribution in [0.25, 0.3) is 0 Å². The fourth-order valence-corrected chi connectivity index (χ4v) is 4.65. The van der Waals surface area contributed by atoms with Crippen molar-refractivity contribution >= 4 is 20.2 Å². The van der Waals surface area contributed by atoms with Crippen LogP contribution in [0.5, 0.6) is 0 Å². The van der Waals surface area contributed by atoms with Crippen LogP contribution in [0.2, 0.25) is 0 Å². The van der Waals surface area contributed by atoms with Gasteiger partial charge in [-0.3, -0.25) is 14.0 Å². The first kappa shape index (κ1) is 18.7. The second-order valence-electron chi connectivity index (χ2n) is 4.93. The van der Waals surface area contributed by atoms with Gasteiger partial charge in [0.25, 0.3) is 24.9 Å². The molecular weight excluding hydrogens is 322 g/mol. The van der Waals surface area contributed by atoms with E-state index in [1.807, 2.05) is 0 Å². The van der Waals surface area contributed by atoms with Crippen LogP contribution in [-0.2, 0) is 20.2 Å². The van der Waals surface area contributed by atoms with Gasteiger partial charge in [0.1, 0.15) is 0 Å². The fourth-order valence-electron chi connectivity index (χ4n) is 2.24. The minimum atomic E-state index is -4.94. The molecule has 1 heterocycles. The highest BCUT2D eigenvalue weighted by Crippen LogP contribution is 2.14. The second-order valence-corrected chi connectivity index (χ2v) is 8.18. The molecule has 21 heavy (non-hydrogen) atoms. The highest BCUT2D eigenvalue weighted by Gasteiger charge is 2.40. The molecule has 0 saturated carbocycles. The van der Waals surface area contributed by atoms with Gasteiger partial charge in [-0.15, -0.1) is 0 Å². The lowest BCUT2D eigenvalue weighted by Gasteiger charge is -2.27. The summed E-state index contributed by atoms with van der Waals surface area (Å²) in [5, 5.41) is 6.27. The highest BCUT2D eigenvalue weighted by atomic mass is 32.3. The van der Waals surface area contributed by atoms with E-state index < -0.39 is 24.9 Å².